The van der Waals surface area contributed by atoms with Gasteiger partial charge in [-0.15, -0.1) is 5.10 Å². The van der Waals surface area contributed by atoms with Gasteiger partial charge in [-0.3, -0.25) is 0 Å². The Kier molecular flexibility index (Phi) is 4.55. The van der Waals surface area contributed by atoms with Crippen molar-refractivity contribution in [3.63, 3.8) is 0 Å². The van der Waals surface area contributed by atoms with Crippen LogP contribution in [0.3, 0.4) is 0 Å². The summed E-state index contributed by atoms with van der Waals surface area (Å²) in [4.78, 5) is 23.7. The van der Waals surface area contributed by atoms with Gasteiger partial charge in [0.25, 0.3) is 0 Å². The quantitative estimate of drug-likeness (QED) is 0.431. The molecule has 30 heavy (non-hydrogen) atoms. The smallest absolute Gasteiger partial charge is 0.348 e. The zero-order chi connectivity index (χ0) is 20.7. The van der Waals surface area contributed by atoms with Crippen LogP contribution in [0.5, 0.6) is 0 Å². The Balaban J connectivity index is 1.31. The van der Waals surface area contributed by atoms with Crippen molar-refractivity contribution in [2.45, 2.75) is 13.0 Å². The van der Waals surface area contributed by atoms with Crippen LogP contribution in [0.1, 0.15) is 11.3 Å². The summed E-state index contributed by atoms with van der Waals surface area (Å²) in [6.07, 6.45) is 0.951. The lowest BCUT2D eigenvalue weighted by molar-refractivity contribution is 0.310. The maximum atomic E-state index is 13.6. The van der Waals surface area contributed by atoms with Crippen molar-refractivity contribution >= 4 is 28.3 Å². The molecular weight excluding hydrogens is 387 g/mol. The second-order valence-electron chi connectivity index (χ2n) is 7.42. The van der Waals surface area contributed by atoms with Gasteiger partial charge < -0.3 is 15.5 Å². The molecule has 1 aliphatic heterocycles. The highest BCUT2D eigenvalue weighted by Crippen LogP contribution is 2.20. The number of aromatic amines is 1. The first-order valence-corrected chi connectivity index (χ1v) is 9.80. The summed E-state index contributed by atoms with van der Waals surface area (Å²) in [5.74, 6) is 0.853. The summed E-state index contributed by atoms with van der Waals surface area (Å²) in [6.45, 7) is 3.09. The van der Waals surface area contributed by atoms with Crippen LogP contribution in [0.25, 0.3) is 16.7 Å². The third kappa shape index (κ3) is 3.35. The van der Waals surface area contributed by atoms with Gasteiger partial charge in [0.2, 0.25) is 5.65 Å². The number of hydrogen-bond acceptors (Lipinski definition) is 7. The van der Waals surface area contributed by atoms with Crippen LogP contribution in [0.2, 0.25) is 0 Å². The molecule has 3 N–H and O–H groups in total. The van der Waals surface area contributed by atoms with Crippen LogP contribution < -0.4 is 16.3 Å². The lowest BCUT2D eigenvalue weighted by Crippen LogP contribution is -2.27. The standard InChI is InChI=1S/C20H21FN8O/c1-28-9-6-14-12(11-28)2-5-17(24-14)22-7-8-23-18-19-26-27-20(30)29(19)16-10-13(21)3-4-15(16)25-18/h2-5,10H,6-9,11H2,1H3,(H,22,24)(H,23,25)(H,27,30). The number of hydrogen-bond donors (Lipinski definition) is 3. The van der Waals surface area contributed by atoms with Crippen molar-refractivity contribution < 1.29 is 4.39 Å². The van der Waals surface area contributed by atoms with E-state index in [0.717, 1.165) is 31.0 Å². The molecule has 0 spiro atoms. The van der Waals surface area contributed by atoms with Gasteiger partial charge in [-0.05, 0) is 30.8 Å². The normalized spacial score (nSPS) is 14.2. The molecule has 4 heterocycles. The van der Waals surface area contributed by atoms with Gasteiger partial charge in [0.1, 0.15) is 11.6 Å². The number of H-pyrrole nitrogens is 1. The second-order valence-corrected chi connectivity index (χ2v) is 7.42. The van der Waals surface area contributed by atoms with Gasteiger partial charge >= 0.3 is 5.69 Å². The molecule has 0 saturated heterocycles. The molecule has 0 radical (unpaired) electrons. The molecule has 9 nitrogen and oxygen atoms in total. The van der Waals surface area contributed by atoms with Crippen LogP contribution >= 0.6 is 0 Å². The first kappa shape index (κ1) is 18.5. The molecule has 0 unspecified atom stereocenters. The topological polar surface area (TPSA) is 103 Å². The van der Waals surface area contributed by atoms with Crippen LogP contribution in [-0.4, -0.2) is 56.1 Å². The predicted molar refractivity (Wildman–Crippen MR) is 112 cm³/mol. The number of fused-ring (bicyclic) bond motifs is 4. The number of aromatic nitrogens is 5. The summed E-state index contributed by atoms with van der Waals surface area (Å²) in [5, 5.41) is 12.9. The average Bonchev–Trinajstić information content (AvgIpc) is 3.13. The molecule has 0 amide bonds. The summed E-state index contributed by atoms with van der Waals surface area (Å²) < 4.78 is 15.0. The van der Waals surface area contributed by atoms with E-state index in [2.05, 4.69) is 43.8 Å². The SMILES string of the molecule is CN1CCc2nc(NCCNc3nc4ccc(F)cc4n4c(=O)[nH]nc34)ccc2C1. The number of anilines is 2. The summed E-state index contributed by atoms with van der Waals surface area (Å²) in [5.41, 5.74) is 3.19. The third-order valence-electron chi connectivity index (χ3n) is 5.26. The van der Waals surface area contributed by atoms with E-state index in [-0.39, 0.29) is 0 Å². The Morgan fingerprint density at radius 3 is 2.93 bits per heavy atom. The Labute approximate surface area is 171 Å². The van der Waals surface area contributed by atoms with Crippen molar-refractivity contribution in [2.75, 3.05) is 37.3 Å². The average molecular weight is 408 g/mol. The Bertz CT molecular complexity index is 1300. The zero-order valence-corrected chi connectivity index (χ0v) is 16.4. The number of likely N-dealkylation sites (N-methyl/N-ethyl adjacent to an activating group) is 1. The van der Waals surface area contributed by atoms with E-state index in [0.29, 0.717) is 35.6 Å². The minimum absolute atomic E-state index is 0.328. The predicted octanol–water partition coefficient (Wildman–Crippen LogP) is 1.62. The fourth-order valence-electron chi connectivity index (χ4n) is 3.77. The van der Waals surface area contributed by atoms with E-state index in [1.54, 1.807) is 6.07 Å². The van der Waals surface area contributed by atoms with E-state index in [9.17, 15) is 9.18 Å². The van der Waals surface area contributed by atoms with Crippen molar-refractivity contribution in [2.24, 2.45) is 0 Å². The molecule has 0 fully saturated rings. The van der Waals surface area contributed by atoms with E-state index >= 15 is 0 Å². The maximum Gasteiger partial charge on any atom is 0.348 e. The number of nitrogens with one attached hydrogen (secondary N) is 3. The highest BCUT2D eigenvalue weighted by atomic mass is 19.1. The number of halogens is 1. The van der Waals surface area contributed by atoms with Gasteiger partial charge in [-0.2, -0.15) is 0 Å². The second kappa shape index (κ2) is 7.38. The number of benzene rings is 1. The molecule has 5 rings (SSSR count). The summed E-state index contributed by atoms with van der Waals surface area (Å²) >= 11 is 0. The van der Waals surface area contributed by atoms with Gasteiger partial charge in [0.05, 0.1) is 11.0 Å². The Morgan fingerprint density at radius 1 is 1.17 bits per heavy atom. The summed E-state index contributed by atoms with van der Waals surface area (Å²) in [6, 6.07) is 8.25. The minimum Gasteiger partial charge on any atom is -0.368 e. The molecule has 0 atom stereocenters. The maximum absolute atomic E-state index is 13.6. The molecule has 3 aromatic heterocycles. The highest BCUT2D eigenvalue weighted by Gasteiger charge is 2.15. The van der Waals surface area contributed by atoms with E-state index < -0.39 is 11.5 Å². The van der Waals surface area contributed by atoms with Crippen LogP contribution in [0, 0.1) is 5.82 Å². The zero-order valence-electron chi connectivity index (χ0n) is 16.4. The molecular formula is C20H21FN8O. The lowest BCUT2D eigenvalue weighted by atomic mass is 10.1. The van der Waals surface area contributed by atoms with Gasteiger partial charge in [-0.1, -0.05) is 6.07 Å². The van der Waals surface area contributed by atoms with Crippen LogP contribution in [-0.2, 0) is 13.0 Å². The van der Waals surface area contributed by atoms with Gasteiger partial charge in [0.15, 0.2) is 5.82 Å². The molecule has 0 aliphatic carbocycles. The van der Waals surface area contributed by atoms with E-state index in [4.69, 9.17) is 4.98 Å². The van der Waals surface area contributed by atoms with Gasteiger partial charge in [0, 0.05) is 44.4 Å². The number of rotatable bonds is 5. The fraction of sp³-hybridized carbons (Fsp3) is 0.300. The van der Waals surface area contributed by atoms with E-state index in [1.165, 1.54) is 22.1 Å². The van der Waals surface area contributed by atoms with E-state index in [1.807, 2.05) is 6.07 Å². The monoisotopic (exact) mass is 408 g/mol. The van der Waals surface area contributed by atoms with Crippen molar-refractivity contribution in [1.82, 2.24) is 29.5 Å². The Hall–Kier alpha value is -3.53. The van der Waals surface area contributed by atoms with Crippen LogP contribution in [0.15, 0.2) is 35.1 Å². The molecule has 1 aromatic carbocycles. The molecule has 10 heteroatoms. The summed E-state index contributed by atoms with van der Waals surface area (Å²) in [7, 11) is 2.11. The first-order chi connectivity index (χ1) is 14.6. The third-order valence-corrected chi connectivity index (χ3v) is 5.26. The molecule has 0 bridgehead atoms. The fourth-order valence-corrected chi connectivity index (χ4v) is 3.77. The molecule has 0 saturated carbocycles. The largest absolute Gasteiger partial charge is 0.368 e. The minimum atomic E-state index is -0.437. The van der Waals surface area contributed by atoms with Crippen molar-refractivity contribution in [3.05, 3.63) is 57.9 Å². The van der Waals surface area contributed by atoms with Gasteiger partial charge in [-0.25, -0.2) is 28.7 Å². The number of nitrogens with zero attached hydrogens (tertiary/aromatic N) is 5. The van der Waals surface area contributed by atoms with Crippen molar-refractivity contribution in [1.29, 1.82) is 0 Å². The first-order valence-electron chi connectivity index (χ1n) is 9.80. The molecule has 4 aromatic rings. The number of pyridine rings is 1. The molecule has 154 valence electrons. The lowest BCUT2D eigenvalue weighted by Gasteiger charge is -2.24. The Morgan fingerprint density at radius 2 is 2.03 bits per heavy atom. The van der Waals surface area contributed by atoms with Crippen LogP contribution in [0.4, 0.5) is 16.0 Å². The van der Waals surface area contributed by atoms with Crippen molar-refractivity contribution in [3.8, 4) is 0 Å². The molecule has 1 aliphatic rings. The highest BCUT2D eigenvalue weighted by molar-refractivity contribution is 5.82.